The molecule has 39 heavy (non-hydrogen) atoms. The van der Waals surface area contributed by atoms with Crippen LogP contribution < -0.4 is 4.74 Å². The number of nitrogens with zero attached hydrogens (tertiary/aromatic N) is 4. The van der Waals surface area contributed by atoms with E-state index in [1.165, 1.54) is 16.3 Å². The summed E-state index contributed by atoms with van der Waals surface area (Å²) in [5.41, 5.74) is 2.46. The number of carbonyl (C=O) groups excluding carboxylic acids is 2. The van der Waals surface area contributed by atoms with Gasteiger partial charge in [0.05, 0.1) is 37.0 Å². The van der Waals surface area contributed by atoms with E-state index in [4.69, 9.17) is 26.2 Å². The van der Waals surface area contributed by atoms with Crippen LogP contribution >= 0.6 is 22.9 Å². The second-order valence-corrected chi connectivity index (χ2v) is 10.8. The van der Waals surface area contributed by atoms with Crippen molar-refractivity contribution in [2.24, 2.45) is 5.10 Å². The summed E-state index contributed by atoms with van der Waals surface area (Å²) >= 11 is 7.87. The highest BCUT2D eigenvalue weighted by Crippen LogP contribution is 2.35. The number of benzene rings is 2. The van der Waals surface area contributed by atoms with E-state index in [-0.39, 0.29) is 24.4 Å². The highest BCUT2D eigenvalue weighted by Gasteiger charge is 2.35. The van der Waals surface area contributed by atoms with E-state index in [1.54, 1.807) is 18.1 Å². The number of hydrogen-bond acceptors (Lipinski definition) is 7. The van der Waals surface area contributed by atoms with Gasteiger partial charge in [0, 0.05) is 43.2 Å². The predicted molar refractivity (Wildman–Crippen MR) is 153 cm³/mol. The Balaban J connectivity index is 1.40. The number of amides is 2. The first-order valence-corrected chi connectivity index (χ1v) is 14.2. The largest absolute Gasteiger partial charge is 0.497 e. The molecule has 1 atom stereocenters. The second-order valence-electron chi connectivity index (χ2n) is 9.42. The fourth-order valence-electron chi connectivity index (χ4n) is 4.82. The van der Waals surface area contributed by atoms with E-state index in [9.17, 15) is 9.59 Å². The maximum atomic E-state index is 13.9. The van der Waals surface area contributed by atoms with Crippen LogP contribution in [-0.2, 0) is 9.53 Å². The molecule has 2 aliphatic rings. The van der Waals surface area contributed by atoms with Crippen molar-refractivity contribution in [2.75, 3.05) is 53.0 Å². The SMILES string of the molecule is COc1ccc([C@@H]2CC(c3ccccc3Cl)=NN2C(=O)CN(CCN2CCOCC2)C(=O)c2cccs2)cc1. The summed E-state index contributed by atoms with van der Waals surface area (Å²) < 4.78 is 10.8. The number of carbonyl (C=O) groups is 2. The molecule has 0 radical (unpaired) electrons. The molecule has 2 amide bonds. The lowest BCUT2D eigenvalue weighted by Gasteiger charge is -2.31. The summed E-state index contributed by atoms with van der Waals surface area (Å²) in [7, 11) is 1.62. The average Bonchev–Trinajstić information content (AvgIpc) is 3.67. The molecule has 2 aliphatic heterocycles. The van der Waals surface area contributed by atoms with E-state index in [2.05, 4.69) is 4.90 Å². The van der Waals surface area contributed by atoms with Gasteiger partial charge in [0.25, 0.3) is 11.8 Å². The quantitative estimate of drug-likeness (QED) is 0.379. The molecule has 0 N–H and O–H groups in total. The van der Waals surface area contributed by atoms with Crippen molar-refractivity contribution >= 4 is 40.5 Å². The van der Waals surface area contributed by atoms with Crippen molar-refractivity contribution in [2.45, 2.75) is 12.5 Å². The summed E-state index contributed by atoms with van der Waals surface area (Å²) in [5, 5.41) is 8.74. The zero-order valence-corrected chi connectivity index (χ0v) is 23.4. The molecule has 8 nitrogen and oxygen atoms in total. The van der Waals surface area contributed by atoms with Gasteiger partial charge in [-0.3, -0.25) is 14.5 Å². The first kappa shape index (κ1) is 27.3. The Labute approximate surface area is 237 Å². The van der Waals surface area contributed by atoms with E-state index in [1.807, 2.05) is 60.0 Å². The Kier molecular flexibility index (Phi) is 8.93. The molecule has 5 rings (SSSR count). The van der Waals surface area contributed by atoms with Gasteiger partial charge < -0.3 is 14.4 Å². The molecule has 1 aromatic heterocycles. The standard InChI is InChI=1S/C29H31ClN4O4S/c1-37-22-10-8-21(9-11-22)26-19-25(23-5-2-3-6-24(23)30)31-34(26)28(35)20-33(29(36)27-7-4-18-39-27)13-12-32-14-16-38-17-15-32/h2-11,18,26H,12-17,19-20H2,1H3/t26-/m0/s1. The number of morpholine rings is 1. The van der Waals surface area contributed by atoms with Crippen molar-refractivity contribution in [1.82, 2.24) is 14.8 Å². The van der Waals surface area contributed by atoms with Gasteiger partial charge in [-0.2, -0.15) is 5.10 Å². The van der Waals surface area contributed by atoms with Crippen LogP contribution in [0.1, 0.15) is 33.3 Å². The molecule has 1 saturated heterocycles. The van der Waals surface area contributed by atoms with E-state index < -0.39 is 0 Å². The van der Waals surface area contributed by atoms with Crippen LogP contribution in [0, 0.1) is 0 Å². The average molecular weight is 567 g/mol. The van der Waals surface area contributed by atoms with Crippen LogP contribution in [0.5, 0.6) is 5.75 Å². The van der Waals surface area contributed by atoms with Gasteiger partial charge in [0.2, 0.25) is 0 Å². The zero-order valence-electron chi connectivity index (χ0n) is 21.8. The van der Waals surface area contributed by atoms with Crippen LogP contribution in [0.4, 0.5) is 0 Å². The maximum absolute atomic E-state index is 13.9. The predicted octanol–water partition coefficient (Wildman–Crippen LogP) is 4.56. The molecular weight excluding hydrogens is 536 g/mol. The van der Waals surface area contributed by atoms with E-state index in [0.29, 0.717) is 42.6 Å². The summed E-state index contributed by atoms with van der Waals surface area (Å²) in [6, 6.07) is 18.5. The fraction of sp³-hybridized carbons (Fsp3) is 0.345. The Morgan fingerprint density at radius 2 is 1.87 bits per heavy atom. The summed E-state index contributed by atoms with van der Waals surface area (Å²) in [4.78, 5) is 31.8. The van der Waals surface area contributed by atoms with E-state index in [0.717, 1.165) is 35.7 Å². The van der Waals surface area contributed by atoms with Crippen molar-refractivity contribution in [1.29, 1.82) is 0 Å². The monoisotopic (exact) mass is 566 g/mol. The molecule has 3 aromatic rings. The van der Waals surface area contributed by atoms with E-state index >= 15 is 0 Å². The molecule has 2 aromatic carbocycles. The number of methoxy groups -OCH3 is 1. The molecule has 0 bridgehead atoms. The van der Waals surface area contributed by atoms with Crippen molar-refractivity contribution in [3.63, 3.8) is 0 Å². The van der Waals surface area contributed by atoms with Crippen LogP contribution in [0.3, 0.4) is 0 Å². The van der Waals surface area contributed by atoms with Crippen LogP contribution in [0.25, 0.3) is 0 Å². The van der Waals surface area contributed by atoms with Crippen LogP contribution in [0.15, 0.2) is 71.1 Å². The van der Waals surface area contributed by atoms with Gasteiger partial charge in [-0.15, -0.1) is 11.3 Å². The Hall–Kier alpha value is -3.24. The number of ether oxygens (including phenoxy) is 2. The molecule has 0 unspecified atom stereocenters. The lowest BCUT2D eigenvalue weighted by Crippen LogP contribution is -2.46. The van der Waals surface area contributed by atoms with Gasteiger partial charge in [0.15, 0.2) is 0 Å². The normalized spacial score (nSPS) is 17.6. The summed E-state index contributed by atoms with van der Waals surface area (Å²) in [5.74, 6) is 0.338. The van der Waals surface area contributed by atoms with Gasteiger partial charge in [-0.1, -0.05) is 48.0 Å². The lowest BCUT2D eigenvalue weighted by atomic mass is 9.98. The van der Waals surface area contributed by atoms with Crippen LogP contribution in [0.2, 0.25) is 5.02 Å². The fourth-order valence-corrected chi connectivity index (χ4v) is 5.75. The molecule has 10 heteroatoms. The lowest BCUT2D eigenvalue weighted by molar-refractivity contribution is -0.133. The molecule has 0 aliphatic carbocycles. The first-order chi connectivity index (χ1) is 19.0. The Morgan fingerprint density at radius 1 is 1.10 bits per heavy atom. The highest BCUT2D eigenvalue weighted by atomic mass is 35.5. The van der Waals surface area contributed by atoms with Gasteiger partial charge in [-0.05, 0) is 35.2 Å². The second kappa shape index (κ2) is 12.7. The third kappa shape index (κ3) is 6.50. The van der Waals surface area contributed by atoms with Gasteiger partial charge in [0.1, 0.15) is 12.3 Å². The molecule has 204 valence electrons. The number of hydrogen-bond donors (Lipinski definition) is 0. The third-order valence-electron chi connectivity index (χ3n) is 6.99. The zero-order chi connectivity index (χ0) is 27.2. The molecule has 0 spiro atoms. The van der Waals surface area contributed by atoms with Gasteiger partial charge in [-0.25, -0.2) is 5.01 Å². The smallest absolute Gasteiger partial charge is 0.264 e. The van der Waals surface area contributed by atoms with Crippen molar-refractivity contribution in [3.05, 3.63) is 87.1 Å². The molecular formula is C29H31ClN4O4S. The Bertz CT molecular complexity index is 1310. The number of rotatable bonds is 9. The molecule has 3 heterocycles. The first-order valence-electron chi connectivity index (χ1n) is 12.9. The third-order valence-corrected chi connectivity index (χ3v) is 8.17. The van der Waals surface area contributed by atoms with Gasteiger partial charge >= 0.3 is 0 Å². The summed E-state index contributed by atoms with van der Waals surface area (Å²) in [6.07, 6.45) is 0.508. The number of hydrazone groups is 1. The van der Waals surface area contributed by atoms with Crippen LogP contribution in [-0.4, -0.2) is 85.4 Å². The maximum Gasteiger partial charge on any atom is 0.264 e. The molecule has 0 saturated carbocycles. The number of halogens is 1. The van der Waals surface area contributed by atoms with Crippen molar-refractivity contribution < 1.29 is 19.1 Å². The Morgan fingerprint density at radius 3 is 2.56 bits per heavy atom. The highest BCUT2D eigenvalue weighted by molar-refractivity contribution is 7.12. The minimum Gasteiger partial charge on any atom is -0.497 e. The van der Waals surface area contributed by atoms with Crippen molar-refractivity contribution in [3.8, 4) is 5.75 Å². The minimum absolute atomic E-state index is 0.0764. The summed E-state index contributed by atoms with van der Waals surface area (Å²) in [6.45, 7) is 4.00. The topological polar surface area (TPSA) is 74.7 Å². The molecule has 1 fully saturated rings. The minimum atomic E-state index is -0.326. The number of thiophene rings is 1.